The van der Waals surface area contributed by atoms with Gasteiger partial charge in [-0.15, -0.1) is 0 Å². The molecule has 88 valence electrons. The summed E-state index contributed by atoms with van der Waals surface area (Å²) in [4.78, 5) is 3.49. The quantitative estimate of drug-likeness (QED) is 0.663. The number of fused-ring (bicyclic) bond motifs is 3. The number of hydrogen-bond donors (Lipinski definition) is 2. The number of nitrogens with one attached hydrogen (secondary N) is 2. The Kier molecular flexibility index (Phi) is 2.05. The van der Waals surface area contributed by atoms with Gasteiger partial charge in [-0.05, 0) is 28.8 Å². The lowest BCUT2D eigenvalue weighted by Gasteiger charge is -2.02. The maximum Gasteiger partial charge on any atom is 0.0460 e. The van der Waals surface area contributed by atoms with E-state index < -0.39 is 0 Å². The van der Waals surface area contributed by atoms with E-state index in [-0.39, 0.29) is 0 Å². The van der Waals surface area contributed by atoms with E-state index in [2.05, 4.69) is 58.8 Å². The molecule has 0 atom stereocenters. The van der Waals surface area contributed by atoms with Crippen LogP contribution < -0.4 is 5.32 Å². The van der Waals surface area contributed by atoms with Gasteiger partial charge in [0.15, 0.2) is 0 Å². The van der Waals surface area contributed by atoms with Crippen molar-refractivity contribution < 1.29 is 0 Å². The summed E-state index contributed by atoms with van der Waals surface area (Å²) in [6.07, 6.45) is 0. The minimum absolute atomic E-state index is 0.963. The highest BCUT2D eigenvalue weighted by molar-refractivity contribution is 5.89. The maximum absolute atomic E-state index is 3.49. The van der Waals surface area contributed by atoms with E-state index in [0.29, 0.717) is 0 Å². The van der Waals surface area contributed by atoms with Gasteiger partial charge in [-0.25, -0.2) is 0 Å². The summed E-state index contributed by atoms with van der Waals surface area (Å²) in [5, 5.41) is 4.75. The maximum atomic E-state index is 3.49. The van der Waals surface area contributed by atoms with Crippen molar-refractivity contribution in [1.29, 1.82) is 0 Å². The molecule has 0 spiro atoms. The number of hydrogen-bond acceptors (Lipinski definition) is 1. The molecule has 3 aromatic rings. The molecule has 0 fully saturated rings. The number of rotatable bonds is 1. The van der Waals surface area contributed by atoms with E-state index >= 15 is 0 Å². The Bertz CT molecular complexity index is 711. The third kappa shape index (κ3) is 1.39. The van der Waals surface area contributed by atoms with Gasteiger partial charge >= 0.3 is 0 Å². The zero-order chi connectivity index (χ0) is 11.9. The first-order valence-corrected chi connectivity index (χ1v) is 6.31. The van der Waals surface area contributed by atoms with Gasteiger partial charge in [0.2, 0.25) is 0 Å². The highest BCUT2D eigenvalue weighted by atomic mass is 14.9. The largest absolute Gasteiger partial charge is 0.357 e. The summed E-state index contributed by atoms with van der Waals surface area (Å²) in [7, 11) is 0. The van der Waals surface area contributed by atoms with E-state index in [1.54, 1.807) is 0 Å². The van der Waals surface area contributed by atoms with Crippen molar-refractivity contribution in [2.24, 2.45) is 0 Å². The second-order valence-electron chi connectivity index (χ2n) is 4.81. The van der Waals surface area contributed by atoms with Gasteiger partial charge in [0.05, 0.1) is 0 Å². The summed E-state index contributed by atoms with van der Waals surface area (Å²) in [6.45, 7) is 1.94. The fourth-order valence-corrected chi connectivity index (χ4v) is 2.78. The van der Waals surface area contributed by atoms with Gasteiger partial charge < -0.3 is 10.3 Å². The Morgan fingerprint density at radius 3 is 2.61 bits per heavy atom. The molecule has 0 amide bonds. The van der Waals surface area contributed by atoms with E-state index in [4.69, 9.17) is 0 Å². The van der Waals surface area contributed by atoms with Gasteiger partial charge in [0.25, 0.3) is 0 Å². The summed E-state index contributed by atoms with van der Waals surface area (Å²) < 4.78 is 0. The van der Waals surface area contributed by atoms with Gasteiger partial charge in [0.1, 0.15) is 0 Å². The summed E-state index contributed by atoms with van der Waals surface area (Å²) in [6, 6.07) is 17.2. The fraction of sp³-hybridized carbons (Fsp3) is 0.125. The van der Waals surface area contributed by atoms with E-state index in [1.807, 2.05) is 0 Å². The summed E-state index contributed by atoms with van der Waals surface area (Å²) >= 11 is 0. The number of H-pyrrole nitrogens is 1. The van der Waals surface area contributed by atoms with Crippen LogP contribution >= 0.6 is 0 Å². The first-order chi connectivity index (χ1) is 8.92. The van der Waals surface area contributed by atoms with E-state index in [9.17, 15) is 0 Å². The Morgan fingerprint density at radius 2 is 1.72 bits per heavy atom. The Hall–Kier alpha value is -2.06. The number of aromatic amines is 1. The highest BCUT2D eigenvalue weighted by Gasteiger charge is 2.16. The molecule has 2 nitrogen and oxygen atoms in total. The van der Waals surface area contributed by atoms with Gasteiger partial charge in [-0.2, -0.15) is 0 Å². The second-order valence-corrected chi connectivity index (χ2v) is 4.81. The molecule has 2 heterocycles. The van der Waals surface area contributed by atoms with Crippen LogP contribution in [0.5, 0.6) is 0 Å². The average molecular weight is 234 g/mol. The lowest BCUT2D eigenvalue weighted by molar-refractivity contribution is 0.757. The molecular formula is C16H14N2. The third-order valence-electron chi connectivity index (χ3n) is 3.71. The van der Waals surface area contributed by atoms with Gasteiger partial charge in [0, 0.05) is 29.7 Å². The van der Waals surface area contributed by atoms with Crippen molar-refractivity contribution >= 4 is 10.9 Å². The lowest BCUT2D eigenvalue weighted by atomic mass is 10.0. The summed E-state index contributed by atoms with van der Waals surface area (Å²) in [5.74, 6) is 0. The predicted octanol–water partition coefficient (Wildman–Crippen LogP) is 3.44. The van der Waals surface area contributed by atoms with E-state index in [0.717, 1.165) is 13.1 Å². The zero-order valence-corrected chi connectivity index (χ0v) is 10.0. The first-order valence-electron chi connectivity index (χ1n) is 6.31. The molecule has 0 saturated carbocycles. The smallest absolute Gasteiger partial charge is 0.0460 e. The molecule has 0 radical (unpaired) electrons. The molecular weight excluding hydrogens is 220 g/mol. The lowest BCUT2D eigenvalue weighted by Crippen LogP contribution is -2.01. The van der Waals surface area contributed by atoms with Crippen molar-refractivity contribution in [3.8, 4) is 11.1 Å². The topological polar surface area (TPSA) is 27.8 Å². The van der Waals surface area contributed by atoms with Crippen LogP contribution in [0.15, 0.2) is 48.5 Å². The standard InChI is InChI=1S/C16H14N2/c1-2-4-11(5-3-1)12-6-7-15-13(8-12)14-9-17-10-16(14)18-15/h1-8,17-18H,9-10H2. The van der Waals surface area contributed by atoms with Crippen LogP contribution in [-0.2, 0) is 13.1 Å². The minimum Gasteiger partial charge on any atom is -0.357 e. The van der Waals surface area contributed by atoms with Crippen LogP contribution in [0, 0.1) is 0 Å². The molecule has 1 aliphatic rings. The molecule has 2 heteroatoms. The van der Waals surface area contributed by atoms with Crippen LogP contribution in [0.3, 0.4) is 0 Å². The van der Waals surface area contributed by atoms with Crippen molar-refractivity contribution in [3.63, 3.8) is 0 Å². The van der Waals surface area contributed by atoms with Crippen molar-refractivity contribution in [3.05, 3.63) is 59.8 Å². The molecule has 0 bridgehead atoms. The van der Waals surface area contributed by atoms with Crippen LogP contribution in [0.1, 0.15) is 11.3 Å². The number of aromatic nitrogens is 1. The average Bonchev–Trinajstić information content (AvgIpc) is 2.99. The predicted molar refractivity (Wildman–Crippen MR) is 74.3 cm³/mol. The van der Waals surface area contributed by atoms with Crippen molar-refractivity contribution in [1.82, 2.24) is 10.3 Å². The normalized spacial score (nSPS) is 14.0. The molecule has 18 heavy (non-hydrogen) atoms. The van der Waals surface area contributed by atoms with Gasteiger partial charge in [-0.3, -0.25) is 0 Å². The van der Waals surface area contributed by atoms with Crippen LogP contribution in [0.2, 0.25) is 0 Å². The molecule has 2 N–H and O–H groups in total. The van der Waals surface area contributed by atoms with Crippen LogP contribution in [0.4, 0.5) is 0 Å². The van der Waals surface area contributed by atoms with Crippen molar-refractivity contribution in [2.75, 3.05) is 0 Å². The fourth-order valence-electron chi connectivity index (χ4n) is 2.78. The minimum atomic E-state index is 0.963. The molecule has 0 saturated heterocycles. The molecule has 0 unspecified atom stereocenters. The van der Waals surface area contributed by atoms with Crippen molar-refractivity contribution in [2.45, 2.75) is 13.1 Å². The second kappa shape index (κ2) is 3.72. The third-order valence-corrected chi connectivity index (χ3v) is 3.71. The zero-order valence-electron chi connectivity index (χ0n) is 10.0. The Morgan fingerprint density at radius 1 is 0.833 bits per heavy atom. The summed E-state index contributed by atoms with van der Waals surface area (Å²) in [5.41, 5.74) is 6.59. The molecule has 1 aliphatic heterocycles. The van der Waals surface area contributed by atoms with Crippen LogP contribution in [0.25, 0.3) is 22.0 Å². The SMILES string of the molecule is c1ccc(-c2ccc3[nH]c4c(c3c2)CNC4)cc1. The molecule has 2 aromatic carbocycles. The van der Waals surface area contributed by atoms with Crippen LogP contribution in [-0.4, -0.2) is 4.98 Å². The molecule has 1 aromatic heterocycles. The number of benzene rings is 2. The Balaban J connectivity index is 1.94. The van der Waals surface area contributed by atoms with Gasteiger partial charge in [-0.1, -0.05) is 36.4 Å². The molecule has 4 rings (SSSR count). The van der Waals surface area contributed by atoms with E-state index in [1.165, 1.54) is 33.3 Å². The Labute approximate surface area is 106 Å². The highest BCUT2D eigenvalue weighted by Crippen LogP contribution is 2.30. The molecule has 0 aliphatic carbocycles. The first kappa shape index (κ1) is 9.92. The monoisotopic (exact) mass is 234 g/mol.